The molecule has 0 unspecified atom stereocenters. The monoisotopic (exact) mass is 289 g/mol. The normalized spacial score (nSPS) is 10.4. The highest BCUT2D eigenvalue weighted by Crippen LogP contribution is 2.14. The first-order chi connectivity index (χ1) is 10.0. The number of hydrogen-bond donors (Lipinski definition) is 2. The van der Waals surface area contributed by atoms with Gasteiger partial charge in [-0.25, -0.2) is 9.37 Å². The van der Waals surface area contributed by atoms with Crippen LogP contribution < -0.4 is 11.1 Å². The molecule has 7 heteroatoms. The lowest BCUT2D eigenvalue weighted by Crippen LogP contribution is -2.18. The van der Waals surface area contributed by atoms with E-state index in [4.69, 9.17) is 5.73 Å². The molecule has 0 saturated heterocycles. The third-order valence-electron chi connectivity index (χ3n) is 2.97. The number of nitrogen functional groups attached to an aromatic ring is 1. The first-order valence-electron chi connectivity index (χ1n) is 6.64. The van der Waals surface area contributed by atoms with E-state index >= 15 is 0 Å². The summed E-state index contributed by atoms with van der Waals surface area (Å²) in [6.45, 7) is 3.89. The summed E-state index contributed by atoms with van der Waals surface area (Å²) in [5.41, 5.74) is 7.24. The zero-order valence-corrected chi connectivity index (χ0v) is 11.9. The fourth-order valence-corrected chi connectivity index (χ4v) is 1.88. The van der Waals surface area contributed by atoms with E-state index in [0.29, 0.717) is 18.5 Å². The largest absolute Gasteiger partial charge is 0.399 e. The molecule has 0 aliphatic heterocycles. The van der Waals surface area contributed by atoms with E-state index in [-0.39, 0.29) is 11.5 Å². The summed E-state index contributed by atoms with van der Waals surface area (Å²) in [4.78, 5) is 16.2. The molecule has 0 bridgehead atoms. The van der Waals surface area contributed by atoms with Crippen LogP contribution in [0, 0.1) is 5.82 Å². The van der Waals surface area contributed by atoms with Crippen LogP contribution in [0.15, 0.2) is 18.2 Å². The van der Waals surface area contributed by atoms with Crippen LogP contribution in [0.4, 0.5) is 16.0 Å². The van der Waals surface area contributed by atoms with Crippen LogP contribution >= 0.6 is 0 Å². The predicted molar refractivity (Wildman–Crippen MR) is 77.3 cm³/mol. The number of nitrogens with zero attached hydrogens (tertiary/aromatic N) is 3. The van der Waals surface area contributed by atoms with Gasteiger partial charge in [-0.2, -0.15) is 0 Å². The van der Waals surface area contributed by atoms with Gasteiger partial charge in [0.25, 0.3) is 5.91 Å². The third-order valence-corrected chi connectivity index (χ3v) is 2.97. The number of hydrogen-bond acceptors (Lipinski definition) is 5. The Bertz CT molecular complexity index is 674. The van der Waals surface area contributed by atoms with Crippen LogP contribution in [0.1, 0.15) is 35.6 Å². The third kappa shape index (κ3) is 3.31. The van der Waals surface area contributed by atoms with Gasteiger partial charge in [-0.05, 0) is 31.0 Å². The topological polar surface area (TPSA) is 93.8 Å². The summed E-state index contributed by atoms with van der Waals surface area (Å²) in [6.07, 6.45) is 1.38. The van der Waals surface area contributed by atoms with Gasteiger partial charge in [0, 0.05) is 5.69 Å². The van der Waals surface area contributed by atoms with Crippen molar-refractivity contribution >= 4 is 17.5 Å². The van der Waals surface area contributed by atoms with Crippen molar-refractivity contribution in [2.24, 2.45) is 0 Å². The van der Waals surface area contributed by atoms with Gasteiger partial charge >= 0.3 is 0 Å². The highest BCUT2D eigenvalue weighted by atomic mass is 19.1. The molecular formula is C14H16FN5O. The Morgan fingerprint density at radius 3 is 2.62 bits per heavy atom. The molecule has 0 saturated carbocycles. The first kappa shape index (κ1) is 14.8. The van der Waals surface area contributed by atoms with Crippen LogP contribution in [-0.2, 0) is 12.8 Å². The molecule has 21 heavy (non-hydrogen) atoms. The van der Waals surface area contributed by atoms with Crippen LogP contribution in [0.25, 0.3) is 0 Å². The van der Waals surface area contributed by atoms with Gasteiger partial charge in [0.05, 0.1) is 17.0 Å². The number of amides is 1. The van der Waals surface area contributed by atoms with E-state index in [9.17, 15) is 9.18 Å². The van der Waals surface area contributed by atoms with Crippen LogP contribution in [0.2, 0.25) is 0 Å². The van der Waals surface area contributed by atoms with Crippen molar-refractivity contribution in [3.05, 3.63) is 41.0 Å². The molecule has 2 rings (SSSR count). The Hall–Kier alpha value is -2.57. The van der Waals surface area contributed by atoms with Crippen LogP contribution in [-0.4, -0.2) is 21.1 Å². The minimum atomic E-state index is -0.659. The molecule has 0 fully saturated rings. The van der Waals surface area contributed by atoms with Crippen molar-refractivity contribution in [3.8, 4) is 0 Å². The Morgan fingerprint density at radius 2 is 1.95 bits per heavy atom. The lowest BCUT2D eigenvalue weighted by Gasteiger charge is -2.08. The molecule has 0 aliphatic carbocycles. The van der Waals surface area contributed by atoms with E-state index < -0.39 is 11.7 Å². The molecule has 110 valence electrons. The molecule has 6 nitrogen and oxygen atoms in total. The van der Waals surface area contributed by atoms with Crippen molar-refractivity contribution < 1.29 is 9.18 Å². The van der Waals surface area contributed by atoms with Crippen molar-refractivity contribution in [3.63, 3.8) is 0 Å². The summed E-state index contributed by atoms with van der Waals surface area (Å²) in [7, 11) is 0. The number of nitrogens with two attached hydrogens (primary N) is 1. The standard InChI is InChI=1S/C14H16FN5O/c1-3-11-12(4-2)19-20-14(17-11)18-13(21)9-7-8(16)5-6-10(9)15/h5-7H,3-4,16H2,1-2H3,(H,17,18,20,21). The van der Waals surface area contributed by atoms with Gasteiger partial charge < -0.3 is 5.73 Å². The molecule has 0 atom stereocenters. The van der Waals surface area contributed by atoms with Gasteiger partial charge in [-0.15, -0.1) is 10.2 Å². The SMILES string of the molecule is CCc1nnc(NC(=O)c2cc(N)ccc2F)nc1CC. The van der Waals surface area contributed by atoms with Crippen molar-refractivity contribution in [1.29, 1.82) is 0 Å². The maximum atomic E-state index is 13.6. The lowest BCUT2D eigenvalue weighted by atomic mass is 10.2. The zero-order valence-electron chi connectivity index (χ0n) is 11.9. The summed E-state index contributed by atoms with van der Waals surface area (Å²) < 4.78 is 13.6. The Balaban J connectivity index is 2.25. The van der Waals surface area contributed by atoms with Crippen molar-refractivity contribution in [2.75, 3.05) is 11.1 Å². The van der Waals surface area contributed by atoms with Gasteiger partial charge in [0.15, 0.2) is 0 Å². The number of benzene rings is 1. The minimum Gasteiger partial charge on any atom is -0.399 e. The second-order valence-corrected chi connectivity index (χ2v) is 4.43. The Kier molecular flexibility index (Phi) is 4.42. The summed E-state index contributed by atoms with van der Waals surface area (Å²) in [6, 6.07) is 3.79. The number of halogens is 1. The summed E-state index contributed by atoms with van der Waals surface area (Å²) in [5, 5.41) is 10.3. The lowest BCUT2D eigenvalue weighted by molar-refractivity contribution is 0.102. The summed E-state index contributed by atoms with van der Waals surface area (Å²) >= 11 is 0. The van der Waals surface area contributed by atoms with Crippen LogP contribution in [0.3, 0.4) is 0 Å². The second-order valence-electron chi connectivity index (χ2n) is 4.43. The molecule has 1 heterocycles. The fraction of sp³-hybridized carbons (Fsp3) is 0.286. The first-order valence-corrected chi connectivity index (χ1v) is 6.64. The number of carbonyl (C=O) groups is 1. The zero-order chi connectivity index (χ0) is 15.4. The predicted octanol–water partition coefficient (Wildman–Crippen LogP) is 1.97. The fourth-order valence-electron chi connectivity index (χ4n) is 1.88. The van der Waals surface area contributed by atoms with E-state index in [0.717, 1.165) is 17.5 Å². The Labute approximate surface area is 121 Å². The van der Waals surface area contributed by atoms with Crippen molar-refractivity contribution in [2.45, 2.75) is 26.7 Å². The number of nitrogens with one attached hydrogen (secondary N) is 1. The molecule has 1 aromatic carbocycles. The quantitative estimate of drug-likeness (QED) is 0.839. The van der Waals surface area contributed by atoms with E-state index in [1.807, 2.05) is 13.8 Å². The number of aryl methyl sites for hydroxylation is 2. The maximum Gasteiger partial charge on any atom is 0.261 e. The molecule has 3 N–H and O–H groups in total. The number of rotatable bonds is 4. The van der Waals surface area contributed by atoms with Gasteiger partial charge in [-0.1, -0.05) is 13.8 Å². The highest BCUT2D eigenvalue weighted by Gasteiger charge is 2.15. The Morgan fingerprint density at radius 1 is 1.24 bits per heavy atom. The smallest absolute Gasteiger partial charge is 0.261 e. The average Bonchev–Trinajstić information content (AvgIpc) is 2.49. The van der Waals surface area contributed by atoms with Crippen molar-refractivity contribution in [1.82, 2.24) is 15.2 Å². The molecular weight excluding hydrogens is 273 g/mol. The van der Waals surface area contributed by atoms with Gasteiger partial charge in [0.2, 0.25) is 5.95 Å². The van der Waals surface area contributed by atoms with Gasteiger partial charge in [-0.3, -0.25) is 10.1 Å². The minimum absolute atomic E-state index is 0.0517. The second kappa shape index (κ2) is 6.25. The number of aromatic nitrogens is 3. The number of anilines is 2. The molecule has 1 amide bonds. The molecule has 0 radical (unpaired) electrons. The molecule has 0 aliphatic rings. The highest BCUT2D eigenvalue weighted by molar-refractivity contribution is 6.04. The molecule has 0 spiro atoms. The van der Waals surface area contributed by atoms with E-state index in [2.05, 4.69) is 20.5 Å². The molecule has 1 aromatic heterocycles. The van der Waals surface area contributed by atoms with E-state index in [1.165, 1.54) is 12.1 Å². The van der Waals surface area contributed by atoms with Gasteiger partial charge in [0.1, 0.15) is 5.82 Å². The van der Waals surface area contributed by atoms with E-state index in [1.54, 1.807) is 0 Å². The molecule has 2 aromatic rings. The van der Waals surface area contributed by atoms with Crippen LogP contribution in [0.5, 0.6) is 0 Å². The maximum absolute atomic E-state index is 13.6. The summed E-state index contributed by atoms with van der Waals surface area (Å²) in [5.74, 6) is -1.26. The average molecular weight is 289 g/mol. The number of carbonyl (C=O) groups excluding carboxylic acids is 1.